The lowest BCUT2D eigenvalue weighted by Gasteiger charge is -2.36. The molecule has 4 N–H and O–H groups in total. The van der Waals surface area contributed by atoms with E-state index in [0.717, 1.165) is 27.6 Å². The van der Waals surface area contributed by atoms with Crippen LogP contribution in [0.1, 0.15) is 31.2 Å². The third-order valence-corrected chi connectivity index (χ3v) is 9.76. The standard InChI is InChI=1S/C31H39N3O7S2/c1-41-23-14-13-22(24(18-23)31(37)38)17-27(35)25(16-20-8-4-3-5-9-20)33-30(36)26(34-43(2,39)40)19-42-28-12-6-10-21-11-7-15-32-29(21)28/h3-12,15,22-27,34-35H,13-14,16-19H2,1-2H3,(H,33,36)(H,37,38). The number of hydrogen-bond acceptors (Lipinski definition) is 8. The van der Waals surface area contributed by atoms with Crippen molar-refractivity contribution in [2.45, 2.75) is 61.3 Å². The zero-order valence-corrected chi connectivity index (χ0v) is 25.9. The number of aliphatic hydroxyl groups excluding tert-OH is 1. The van der Waals surface area contributed by atoms with Gasteiger partial charge in [0.1, 0.15) is 6.04 Å². The number of thioether (sulfide) groups is 1. The number of nitrogens with one attached hydrogen (secondary N) is 2. The normalized spacial score (nSPS) is 21.1. The summed E-state index contributed by atoms with van der Waals surface area (Å²) in [5, 5.41) is 25.1. The fraction of sp³-hybridized carbons (Fsp3) is 0.452. The van der Waals surface area contributed by atoms with Crippen LogP contribution in [-0.2, 0) is 30.8 Å². The van der Waals surface area contributed by atoms with Crippen molar-refractivity contribution in [1.29, 1.82) is 0 Å². The Bertz CT molecular complexity index is 1480. The molecule has 3 aromatic rings. The number of benzene rings is 2. The Morgan fingerprint density at radius 2 is 1.84 bits per heavy atom. The number of carboxylic acid groups (broad SMARTS) is 1. The van der Waals surface area contributed by atoms with Crippen LogP contribution in [0, 0.1) is 11.8 Å². The Hall–Kier alpha value is -3.03. The van der Waals surface area contributed by atoms with Crippen molar-refractivity contribution in [2.24, 2.45) is 11.8 Å². The number of methoxy groups -OCH3 is 1. The summed E-state index contributed by atoms with van der Waals surface area (Å²) in [6, 6.07) is 16.9. The minimum absolute atomic E-state index is 0.0882. The molecule has 10 nitrogen and oxygen atoms in total. The number of amides is 1. The molecule has 0 aliphatic heterocycles. The van der Waals surface area contributed by atoms with E-state index in [1.807, 2.05) is 60.7 Å². The topological polar surface area (TPSA) is 155 Å². The van der Waals surface area contributed by atoms with E-state index in [1.165, 1.54) is 11.8 Å². The zero-order chi connectivity index (χ0) is 31.0. The van der Waals surface area contributed by atoms with Crippen LogP contribution >= 0.6 is 11.8 Å². The predicted molar refractivity (Wildman–Crippen MR) is 166 cm³/mol. The van der Waals surface area contributed by atoms with Gasteiger partial charge in [-0.05, 0) is 55.7 Å². The van der Waals surface area contributed by atoms with E-state index in [4.69, 9.17) is 4.74 Å². The summed E-state index contributed by atoms with van der Waals surface area (Å²) in [6.07, 6.45) is 3.54. The van der Waals surface area contributed by atoms with Crippen LogP contribution in [0.15, 0.2) is 71.8 Å². The smallest absolute Gasteiger partial charge is 0.306 e. The third-order valence-electron chi connectivity index (χ3n) is 7.90. The number of carbonyl (C=O) groups excluding carboxylic acids is 1. The van der Waals surface area contributed by atoms with Gasteiger partial charge in [0.25, 0.3) is 0 Å². The number of aliphatic hydroxyl groups is 1. The Kier molecular flexibility index (Phi) is 11.6. The van der Waals surface area contributed by atoms with Crippen LogP contribution in [0.5, 0.6) is 0 Å². The van der Waals surface area contributed by atoms with Gasteiger partial charge >= 0.3 is 5.97 Å². The number of aliphatic carboxylic acids is 1. The van der Waals surface area contributed by atoms with Gasteiger partial charge in [-0.3, -0.25) is 14.6 Å². The van der Waals surface area contributed by atoms with Gasteiger partial charge in [0.15, 0.2) is 0 Å². The molecule has 2 aromatic carbocycles. The summed E-state index contributed by atoms with van der Waals surface area (Å²) in [4.78, 5) is 31.0. The van der Waals surface area contributed by atoms with Crippen LogP contribution in [0.25, 0.3) is 10.9 Å². The molecule has 1 amide bonds. The maximum absolute atomic E-state index is 13.7. The highest BCUT2D eigenvalue weighted by Gasteiger charge is 2.38. The van der Waals surface area contributed by atoms with E-state index in [9.17, 15) is 28.2 Å². The summed E-state index contributed by atoms with van der Waals surface area (Å²) >= 11 is 1.31. The first-order valence-corrected chi connectivity index (χ1v) is 17.1. The molecule has 6 unspecified atom stereocenters. The highest BCUT2D eigenvalue weighted by molar-refractivity contribution is 7.99. The summed E-state index contributed by atoms with van der Waals surface area (Å²) in [6.45, 7) is 0. The van der Waals surface area contributed by atoms with E-state index < -0.39 is 46.0 Å². The van der Waals surface area contributed by atoms with Gasteiger partial charge in [-0.15, -0.1) is 11.8 Å². The highest BCUT2D eigenvalue weighted by atomic mass is 32.2. The first kappa shape index (κ1) is 32.9. The lowest BCUT2D eigenvalue weighted by atomic mass is 9.74. The van der Waals surface area contributed by atoms with Crippen molar-refractivity contribution >= 4 is 44.6 Å². The van der Waals surface area contributed by atoms with E-state index >= 15 is 0 Å². The molecule has 1 aliphatic carbocycles. The molecule has 1 saturated carbocycles. The second kappa shape index (κ2) is 15.1. The molecule has 1 heterocycles. The lowest BCUT2D eigenvalue weighted by Crippen LogP contribution is -2.54. The zero-order valence-electron chi connectivity index (χ0n) is 24.3. The van der Waals surface area contributed by atoms with Crippen molar-refractivity contribution in [2.75, 3.05) is 19.1 Å². The van der Waals surface area contributed by atoms with Crippen LogP contribution < -0.4 is 10.0 Å². The molecule has 1 fully saturated rings. The maximum Gasteiger partial charge on any atom is 0.306 e. The molecule has 6 atom stereocenters. The average Bonchev–Trinajstić information content (AvgIpc) is 2.98. The fourth-order valence-corrected chi connectivity index (χ4v) is 7.57. The second-order valence-electron chi connectivity index (χ2n) is 11.1. The Morgan fingerprint density at radius 3 is 2.53 bits per heavy atom. The number of aromatic nitrogens is 1. The van der Waals surface area contributed by atoms with E-state index in [2.05, 4.69) is 15.0 Å². The molecular formula is C31H39N3O7S2. The second-order valence-corrected chi connectivity index (χ2v) is 13.9. The van der Waals surface area contributed by atoms with Crippen LogP contribution in [0.4, 0.5) is 0 Å². The van der Waals surface area contributed by atoms with Crippen LogP contribution in [0.2, 0.25) is 0 Å². The van der Waals surface area contributed by atoms with Crippen molar-refractivity contribution < 1.29 is 33.0 Å². The number of para-hydroxylation sites is 1. The maximum atomic E-state index is 13.7. The quantitative estimate of drug-likeness (QED) is 0.197. The van der Waals surface area contributed by atoms with Crippen molar-refractivity contribution in [3.63, 3.8) is 0 Å². The number of hydrogen-bond donors (Lipinski definition) is 4. The number of carbonyl (C=O) groups is 2. The Balaban J connectivity index is 1.53. The van der Waals surface area contributed by atoms with Gasteiger partial charge in [0.05, 0.1) is 35.9 Å². The number of fused-ring (bicyclic) bond motifs is 1. The number of pyridine rings is 1. The van der Waals surface area contributed by atoms with Gasteiger partial charge in [-0.25, -0.2) is 13.1 Å². The summed E-state index contributed by atoms with van der Waals surface area (Å²) in [7, 11) is -2.19. The van der Waals surface area contributed by atoms with E-state index in [0.29, 0.717) is 19.3 Å². The number of nitrogens with zero attached hydrogens (tertiary/aromatic N) is 1. The minimum Gasteiger partial charge on any atom is -0.481 e. The minimum atomic E-state index is -3.76. The average molecular weight is 630 g/mol. The van der Waals surface area contributed by atoms with Crippen LogP contribution in [0.3, 0.4) is 0 Å². The van der Waals surface area contributed by atoms with Gasteiger partial charge in [0.2, 0.25) is 15.9 Å². The third kappa shape index (κ3) is 9.48. The molecule has 0 spiro atoms. The van der Waals surface area contributed by atoms with Crippen molar-refractivity contribution in [1.82, 2.24) is 15.0 Å². The largest absolute Gasteiger partial charge is 0.481 e. The van der Waals surface area contributed by atoms with E-state index in [1.54, 1.807) is 13.3 Å². The Labute approximate surface area is 256 Å². The molecule has 232 valence electrons. The van der Waals surface area contributed by atoms with Crippen molar-refractivity contribution in [3.8, 4) is 0 Å². The summed E-state index contributed by atoms with van der Waals surface area (Å²) in [5.74, 6) is -2.39. The molecule has 1 aliphatic rings. The summed E-state index contributed by atoms with van der Waals surface area (Å²) < 4.78 is 32.4. The fourth-order valence-electron chi connectivity index (χ4n) is 5.69. The van der Waals surface area contributed by atoms with E-state index in [-0.39, 0.29) is 30.6 Å². The predicted octanol–water partition coefficient (Wildman–Crippen LogP) is 3.24. The van der Waals surface area contributed by atoms with Gasteiger partial charge in [-0.2, -0.15) is 0 Å². The highest BCUT2D eigenvalue weighted by Crippen LogP contribution is 2.35. The van der Waals surface area contributed by atoms with Gasteiger partial charge < -0.3 is 20.3 Å². The molecule has 43 heavy (non-hydrogen) atoms. The molecule has 1 aromatic heterocycles. The number of ether oxygens (including phenoxy) is 1. The molecule has 0 radical (unpaired) electrons. The van der Waals surface area contributed by atoms with Crippen LogP contribution in [-0.4, -0.2) is 78.9 Å². The van der Waals surface area contributed by atoms with Crippen molar-refractivity contribution in [3.05, 3.63) is 72.4 Å². The molecule has 0 bridgehead atoms. The number of rotatable bonds is 14. The SMILES string of the molecule is COC1CCC(CC(O)C(Cc2ccccc2)NC(=O)C(CSc2cccc3cccnc23)NS(C)(=O)=O)C(C(=O)O)C1. The first-order chi connectivity index (χ1) is 20.5. The molecule has 4 rings (SSSR count). The van der Waals surface area contributed by atoms with Gasteiger partial charge in [-0.1, -0.05) is 48.5 Å². The molecule has 0 saturated heterocycles. The summed E-state index contributed by atoms with van der Waals surface area (Å²) in [5.41, 5.74) is 1.62. The number of carboxylic acids is 1. The monoisotopic (exact) mass is 629 g/mol. The first-order valence-electron chi connectivity index (χ1n) is 14.3. The van der Waals surface area contributed by atoms with Gasteiger partial charge in [0, 0.05) is 29.3 Å². The molecule has 12 heteroatoms. The lowest BCUT2D eigenvalue weighted by molar-refractivity contribution is -0.148. The molecular weight excluding hydrogens is 590 g/mol. The number of sulfonamides is 1. The Morgan fingerprint density at radius 1 is 1.09 bits per heavy atom.